The summed E-state index contributed by atoms with van der Waals surface area (Å²) in [6.07, 6.45) is 4.35. The number of carbonyl (C=O) groups excluding carboxylic acids is 1. The molecule has 0 radical (unpaired) electrons. The summed E-state index contributed by atoms with van der Waals surface area (Å²) in [6.45, 7) is 0. The fraction of sp³-hybridized carbons (Fsp3) is 0.286. The molecule has 0 saturated carbocycles. The summed E-state index contributed by atoms with van der Waals surface area (Å²) >= 11 is 0. The van der Waals surface area contributed by atoms with Crippen LogP contribution in [-0.2, 0) is 9.59 Å². The normalized spacial score (nSPS) is 21.9. The summed E-state index contributed by atoms with van der Waals surface area (Å²) in [4.78, 5) is 23.2. The van der Waals surface area contributed by atoms with E-state index in [2.05, 4.69) is 5.32 Å². The molecule has 0 saturated heterocycles. The van der Waals surface area contributed by atoms with Gasteiger partial charge in [0.2, 0.25) is 5.91 Å². The number of nitrogens with one attached hydrogen (secondary N) is 1. The third-order valence-electron chi connectivity index (χ3n) is 3.25. The first-order valence-electron chi connectivity index (χ1n) is 6.06. The Kier molecular flexibility index (Phi) is 3.85. The Morgan fingerprint density at radius 3 is 2.37 bits per heavy atom. The fourth-order valence-electron chi connectivity index (χ4n) is 2.18. The van der Waals surface area contributed by atoms with Gasteiger partial charge in [0.05, 0.1) is 17.5 Å². The van der Waals surface area contributed by atoms with Crippen molar-refractivity contribution in [1.82, 2.24) is 0 Å². The molecule has 3 N–H and O–H groups in total. The van der Waals surface area contributed by atoms with Gasteiger partial charge in [0, 0.05) is 0 Å². The summed E-state index contributed by atoms with van der Waals surface area (Å²) in [5.74, 6) is -2.70. The van der Waals surface area contributed by atoms with E-state index < -0.39 is 17.8 Å². The number of carbonyl (C=O) groups is 2. The minimum atomic E-state index is -0.971. The number of hydrogen-bond donors (Lipinski definition) is 3. The third-order valence-corrected chi connectivity index (χ3v) is 3.25. The van der Waals surface area contributed by atoms with Crippen LogP contribution in [0.5, 0.6) is 5.75 Å². The lowest BCUT2D eigenvalue weighted by Gasteiger charge is -2.24. The van der Waals surface area contributed by atoms with Crippen LogP contribution in [0.25, 0.3) is 0 Å². The maximum atomic E-state index is 12.1. The van der Waals surface area contributed by atoms with Crippen LogP contribution in [0.1, 0.15) is 12.8 Å². The Morgan fingerprint density at radius 2 is 1.74 bits per heavy atom. The molecule has 100 valence electrons. The van der Waals surface area contributed by atoms with E-state index in [0.29, 0.717) is 18.5 Å². The molecular weight excluding hydrogens is 246 g/mol. The van der Waals surface area contributed by atoms with Gasteiger partial charge < -0.3 is 15.5 Å². The van der Waals surface area contributed by atoms with E-state index in [9.17, 15) is 14.7 Å². The molecule has 0 aromatic heterocycles. The lowest BCUT2D eigenvalue weighted by molar-refractivity contribution is -0.146. The van der Waals surface area contributed by atoms with Gasteiger partial charge in [-0.25, -0.2) is 0 Å². The van der Waals surface area contributed by atoms with Crippen LogP contribution in [0.15, 0.2) is 36.4 Å². The zero-order valence-corrected chi connectivity index (χ0v) is 10.2. The highest BCUT2D eigenvalue weighted by atomic mass is 16.4. The minimum Gasteiger partial charge on any atom is -0.506 e. The van der Waals surface area contributed by atoms with E-state index in [0.717, 1.165) is 0 Å². The van der Waals surface area contributed by atoms with E-state index in [1.807, 2.05) is 6.08 Å². The molecule has 0 aliphatic heterocycles. The second-order valence-corrected chi connectivity index (χ2v) is 4.50. The number of aliphatic carboxylic acids is 1. The molecule has 1 aromatic rings. The molecular formula is C14H15NO4. The van der Waals surface area contributed by atoms with Gasteiger partial charge in [-0.3, -0.25) is 9.59 Å². The quantitative estimate of drug-likeness (QED) is 0.573. The van der Waals surface area contributed by atoms with Gasteiger partial charge in [-0.1, -0.05) is 24.3 Å². The predicted molar refractivity (Wildman–Crippen MR) is 69.7 cm³/mol. The van der Waals surface area contributed by atoms with Gasteiger partial charge >= 0.3 is 5.97 Å². The zero-order chi connectivity index (χ0) is 13.8. The molecule has 2 atom stereocenters. The number of rotatable bonds is 3. The van der Waals surface area contributed by atoms with Crippen LogP contribution in [0, 0.1) is 11.8 Å². The van der Waals surface area contributed by atoms with E-state index in [1.54, 1.807) is 24.3 Å². The Bertz CT molecular complexity index is 524. The number of anilines is 1. The second-order valence-electron chi connectivity index (χ2n) is 4.50. The van der Waals surface area contributed by atoms with E-state index >= 15 is 0 Å². The smallest absolute Gasteiger partial charge is 0.307 e. The predicted octanol–water partition coefficient (Wildman–Crippen LogP) is 2.00. The Labute approximate surface area is 110 Å². The molecule has 2 rings (SSSR count). The molecule has 0 fully saturated rings. The maximum Gasteiger partial charge on any atom is 0.307 e. The number of benzene rings is 1. The molecule has 1 aliphatic carbocycles. The highest BCUT2D eigenvalue weighted by Gasteiger charge is 2.34. The van der Waals surface area contributed by atoms with Crippen molar-refractivity contribution < 1.29 is 19.8 Å². The van der Waals surface area contributed by atoms with Gasteiger partial charge in [0.1, 0.15) is 5.75 Å². The first-order valence-corrected chi connectivity index (χ1v) is 6.06. The van der Waals surface area contributed by atoms with Crippen LogP contribution >= 0.6 is 0 Å². The van der Waals surface area contributed by atoms with Gasteiger partial charge in [-0.15, -0.1) is 0 Å². The largest absolute Gasteiger partial charge is 0.506 e. The molecule has 1 aromatic carbocycles. The average molecular weight is 261 g/mol. The molecule has 0 bridgehead atoms. The molecule has 5 nitrogen and oxygen atoms in total. The summed E-state index contributed by atoms with van der Waals surface area (Å²) in [7, 11) is 0. The van der Waals surface area contributed by atoms with Crippen molar-refractivity contribution in [2.45, 2.75) is 12.8 Å². The molecule has 1 aliphatic rings. The number of carboxylic acids is 1. The van der Waals surface area contributed by atoms with Crippen LogP contribution in [-0.4, -0.2) is 22.1 Å². The van der Waals surface area contributed by atoms with Crippen molar-refractivity contribution in [2.24, 2.45) is 11.8 Å². The molecule has 0 spiro atoms. The first-order chi connectivity index (χ1) is 9.09. The van der Waals surface area contributed by atoms with E-state index in [-0.39, 0.29) is 11.7 Å². The van der Waals surface area contributed by atoms with Gasteiger partial charge in [-0.05, 0) is 25.0 Å². The van der Waals surface area contributed by atoms with Gasteiger partial charge in [0.15, 0.2) is 0 Å². The highest BCUT2D eigenvalue weighted by Crippen LogP contribution is 2.29. The lowest BCUT2D eigenvalue weighted by Crippen LogP contribution is -2.34. The lowest BCUT2D eigenvalue weighted by atomic mass is 9.82. The Morgan fingerprint density at radius 1 is 1.11 bits per heavy atom. The van der Waals surface area contributed by atoms with Crippen molar-refractivity contribution in [3.8, 4) is 5.75 Å². The molecule has 5 heteroatoms. The topological polar surface area (TPSA) is 86.6 Å². The summed E-state index contributed by atoms with van der Waals surface area (Å²) in [5.41, 5.74) is 0.297. The number of hydrogen-bond acceptors (Lipinski definition) is 3. The molecule has 19 heavy (non-hydrogen) atoms. The number of phenols is 1. The number of aromatic hydroxyl groups is 1. The average Bonchev–Trinajstić information content (AvgIpc) is 2.41. The van der Waals surface area contributed by atoms with Crippen molar-refractivity contribution in [3.63, 3.8) is 0 Å². The molecule has 1 amide bonds. The number of amides is 1. The SMILES string of the molecule is O=C(O)C1CC=CCC1C(=O)Nc1ccccc1O. The Hall–Kier alpha value is -2.30. The van der Waals surface area contributed by atoms with Gasteiger partial charge in [0.25, 0.3) is 0 Å². The monoisotopic (exact) mass is 261 g/mol. The summed E-state index contributed by atoms with van der Waals surface area (Å²) in [5, 5.41) is 21.3. The number of carboxylic acid groups (broad SMARTS) is 1. The van der Waals surface area contributed by atoms with E-state index in [1.165, 1.54) is 6.07 Å². The minimum absolute atomic E-state index is 0.0333. The van der Waals surface area contributed by atoms with Crippen LogP contribution in [0.4, 0.5) is 5.69 Å². The number of allylic oxidation sites excluding steroid dienone is 2. The van der Waals surface area contributed by atoms with Crippen molar-refractivity contribution in [3.05, 3.63) is 36.4 Å². The van der Waals surface area contributed by atoms with Crippen LogP contribution in [0.3, 0.4) is 0 Å². The zero-order valence-electron chi connectivity index (χ0n) is 10.2. The standard InChI is InChI=1S/C14H15NO4/c16-12-8-4-3-7-11(12)15-13(17)9-5-1-2-6-10(9)14(18)19/h1-4,7-10,16H,5-6H2,(H,15,17)(H,18,19). The molecule has 2 unspecified atom stereocenters. The van der Waals surface area contributed by atoms with Crippen molar-refractivity contribution >= 4 is 17.6 Å². The summed E-state index contributed by atoms with van der Waals surface area (Å²) < 4.78 is 0. The third kappa shape index (κ3) is 2.93. The van der Waals surface area contributed by atoms with Crippen LogP contribution in [0.2, 0.25) is 0 Å². The van der Waals surface area contributed by atoms with E-state index in [4.69, 9.17) is 5.11 Å². The highest BCUT2D eigenvalue weighted by molar-refractivity contribution is 5.96. The number of phenolic OH excluding ortho intramolecular Hbond substituents is 1. The second kappa shape index (κ2) is 5.56. The first kappa shape index (κ1) is 13.1. The fourth-order valence-corrected chi connectivity index (χ4v) is 2.18. The number of para-hydroxylation sites is 2. The molecule has 0 heterocycles. The maximum absolute atomic E-state index is 12.1. The van der Waals surface area contributed by atoms with Gasteiger partial charge in [-0.2, -0.15) is 0 Å². The van der Waals surface area contributed by atoms with Crippen molar-refractivity contribution in [1.29, 1.82) is 0 Å². The Balaban J connectivity index is 2.13. The summed E-state index contributed by atoms with van der Waals surface area (Å²) in [6, 6.07) is 6.37. The van der Waals surface area contributed by atoms with Crippen LogP contribution < -0.4 is 5.32 Å². The van der Waals surface area contributed by atoms with Crippen molar-refractivity contribution in [2.75, 3.05) is 5.32 Å².